The highest BCUT2D eigenvalue weighted by atomic mass is 16.5. The number of aromatic nitrogens is 2. The van der Waals surface area contributed by atoms with Crippen molar-refractivity contribution in [3.8, 4) is 5.75 Å². The van der Waals surface area contributed by atoms with E-state index in [0.717, 1.165) is 36.2 Å². The minimum absolute atomic E-state index is 0.688. The maximum absolute atomic E-state index is 10.4. The maximum atomic E-state index is 10.4. The number of unbranched alkanes of at least 4 members (excludes halogenated alkanes) is 1. The molecule has 2 aromatic carbocycles. The van der Waals surface area contributed by atoms with Crippen LogP contribution in [0.2, 0.25) is 0 Å². The number of hydrogen-bond acceptors (Lipinski definition) is 3. The topological polar surface area (TPSA) is 47.3 Å². The van der Waals surface area contributed by atoms with Crippen molar-refractivity contribution in [2.24, 2.45) is 0 Å². The first-order valence-corrected chi connectivity index (χ1v) is 8.83. The van der Waals surface area contributed by atoms with Gasteiger partial charge in [0.2, 0.25) is 0 Å². The third-order valence-electron chi connectivity index (χ3n) is 4.27. The average molecular weight is 338 g/mol. The minimum atomic E-state index is -0.961. The Morgan fingerprint density at radius 3 is 2.48 bits per heavy atom. The fourth-order valence-electron chi connectivity index (χ4n) is 2.97. The van der Waals surface area contributed by atoms with Crippen LogP contribution in [-0.4, -0.2) is 21.3 Å². The SMILES string of the molecule is Cc1ccc(OCCCCn2c(C(C)(C)O)nc3ccccc32)cc1. The molecule has 0 aliphatic rings. The van der Waals surface area contributed by atoms with E-state index >= 15 is 0 Å². The Labute approximate surface area is 149 Å². The lowest BCUT2D eigenvalue weighted by Crippen LogP contribution is -2.22. The largest absolute Gasteiger partial charge is 0.494 e. The van der Waals surface area contributed by atoms with E-state index in [-0.39, 0.29) is 0 Å². The maximum Gasteiger partial charge on any atom is 0.141 e. The van der Waals surface area contributed by atoms with Gasteiger partial charge in [0.05, 0.1) is 17.6 Å². The fraction of sp³-hybridized carbons (Fsp3) is 0.381. The lowest BCUT2D eigenvalue weighted by Gasteiger charge is -2.19. The summed E-state index contributed by atoms with van der Waals surface area (Å²) in [6, 6.07) is 16.2. The van der Waals surface area contributed by atoms with Crippen LogP contribution in [0.1, 0.15) is 38.1 Å². The number of aryl methyl sites for hydroxylation is 2. The predicted octanol–water partition coefficient (Wildman–Crippen LogP) is 4.43. The van der Waals surface area contributed by atoms with Crippen LogP contribution in [0, 0.1) is 6.92 Å². The van der Waals surface area contributed by atoms with Crippen LogP contribution in [0.3, 0.4) is 0 Å². The van der Waals surface area contributed by atoms with Gasteiger partial charge in [-0.25, -0.2) is 4.98 Å². The molecule has 3 rings (SSSR count). The second-order valence-corrected chi connectivity index (χ2v) is 7.00. The van der Waals surface area contributed by atoms with Gasteiger partial charge in [-0.05, 0) is 57.9 Å². The van der Waals surface area contributed by atoms with Gasteiger partial charge in [0.1, 0.15) is 17.2 Å². The van der Waals surface area contributed by atoms with Crippen LogP contribution >= 0.6 is 0 Å². The lowest BCUT2D eigenvalue weighted by molar-refractivity contribution is 0.0650. The van der Waals surface area contributed by atoms with E-state index in [1.54, 1.807) is 13.8 Å². The molecule has 0 atom stereocenters. The van der Waals surface area contributed by atoms with Crippen LogP contribution in [0.15, 0.2) is 48.5 Å². The molecule has 0 aliphatic heterocycles. The molecule has 0 amide bonds. The summed E-state index contributed by atoms with van der Waals surface area (Å²) in [6.07, 6.45) is 1.92. The molecule has 0 saturated heterocycles. The second kappa shape index (κ2) is 7.28. The van der Waals surface area contributed by atoms with Crippen molar-refractivity contribution in [1.82, 2.24) is 9.55 Å². The van der Waals surface area contributed by atoms with Gasteiger partial charge in [0.25, 0.3) is 0 Å². The zero-order valence-corrected chi connectivity index (χ0v) is 15.2. The first kappa shape index (κ1) is 17.5. The first-order valence-electron chi connectivity index (χ1n) is 8.83. The van der Waals surface area contributed by atoms with Crippen LogP contribution in [0.5, 0.6) is 5.75 Å². The summed E-state index contributed by atoms with van der Waals surface area (Å²) in [4.78, 5) is 4.62. The summed E-state index contributed by atoms with van der Waals surface area (Å²) in [5.74, 6) is 1.63. The first-order chi connectivity index (χ1) is 11.9. The number of aliphatic hydroxyl groups is 1. The molecule has 132 valence electrons. The molecule has 25 heavy (non-hydrogen) atoms. The molecular weight excluding hydrogens is 312 g/mol. The molecule has 0 unspecified atom stereocenters. The Bertz CT molecular complexity index is 829. The number of benzene rings is 2. The molecular formula is C21H26N2O2. The third-order valence-corrected chi connectivity index (χ3v) is 4.27. The second-order valence-electron chi connectivity index (χ2n) is 7.00. The Kier molecular flexibility index (Phi) is 5.09. The quantitative estimate of drug-likeness (QED) is 0.648. The summed E-state index contributed by atoms with van der Waals surface area (Å²) in [6.45, 7) is 7.14. The Morgan fingerprint density at radius 1 is 1.04 bits per heavy atom. The molecule has 0 spiro atoms. The molecule has 4 heteroatoms. The summed E-state index contributed by atoms with van der Waals surface area (Å²) in [5, 5.41) is 10.4. The van der Waals surface area contributed by atoms with Crippen LogP contribution in [-0.2, 0) is 12.1 Å². The normalized spacial score (nSPS) is 11.8. The van der Waals surface area contributed by atoms with E-state index < -0.39 is 5.60 Å². The van der Waals surface area contributed by atoms with Crippen molar-refractivity contribution < 1.29 is 9.84 Å². The number of fused-ring (bicyclic) bond motifs is 1. The monoisotopic (exact) mass is 338 g/mol. The van der Waals surface area contributed by atoms with Crippen molar-refractivity contribution in [3.05, 3.63) is 59.9 Å². The molecule has 0 radical (unpaired) electrons. The van der Waals surface area contributed by atoms with E-state index in [1.165, 1.54) is 5.56 Å². The van der Waals surface area contributed by atoms with Crippen molar-refractivity contribution in [1.29, 1.82) is 0 Å². The highest BCUT2D eigenvalue weighted by Crippen LogP contribution is 2.25. The standard InChI is InChI=1S/C21H26N2O2/c1-16-10-12-17(13-11-16)25-15-7-6-14-23-19-9-5-4-8-18(19)22-20(23)21(2,3)24/h4-5,8-13,24H,6-7,14-15H2,1-3H3. The summed E-state index contributed by atoms with van der Waals surface area (Å²) in [7, 11) is 0. The lowest BCUT2D eigenvalue weighted by atomic mass is 10.1. The Morgan fingerprint density at radius 2 is 1.76 bits per heavy atom. The van der Waals surface area contributed by atoms with E-state index in [0.29, 0.717) is 12.4 Å². The molecule has 3 aromatic rings. The van der Waals surface area contributed by atoms with Gasteiger partial charge in [-0.3, -0.25) is 0 Å². The summed E-state index contributed by atoms with van der Waals surface area (Å²) < 4.78 is 7.92. The van der Waals surface area contributed by atoms with Gasteiger partial charge >= 0.3 is 0 Å². The third kappa shape index (κ3) is 4.20. The van der Waals surface area contributed by atoms with Crippen molar-refractivity contribution in [2.45, 2.75) is 45.8 Å². The number of nitrogens with zero attached hydrogens (tertiary/aromatic N) is 2. The minimum Gasteiger partial charge on any atom is -0.494 e. The van der Waals surface area contributed by atoms with E-state index in [1.807, 2.05) is 30.3 Å². The van der Waals surface area contributed by atoms with Gasteiger partial charge in [-0.1, -0.05) is 29.8 Å². The molecule has 1 heterocycles. The van der Waals surface area contributed by atoms with Crippen molar-refractivity contribution in [2.75, 3.05) is 6.61 Å². The van der Waals surface area contributed by atoms with E-state index in [9.17, 15) is 5.11 Å². The molecule has 0 bridgehead atoms. The molecule has 4 nitrogen and oxygen atoms in total. The number of hydrogen-bond donors (Lipinski definition) is 1. The fourth-order valence-corrected chi connectivity index (χ4v) is 2.97. The Hall–Kier alpha value is -2.33. The highest BCUT2D eigenvalue weighted by Gasteiger charge is 2.24. The number of rotatable bonds is 7. The van der Waals surface area contributed by atoms with Gasteiger partial charge in [-0.15, -0.1) is 0 Å². The number of para-hydroxylation sites is 2. The number of imidazole rings is 1. The van der Waals surface area contributed by atoms with Gasteiger partial charge in [-0.2, -0.15) is 0 Å². The van der Waals surface area contributed by atoms with Crippen LogP contribution in [0.4, 0.5) is 0 Å². The molecule has 1 N–H and O–H groups in total. The van der Waals surface area contributed by atoms with Crippen molar-refractivity contribution >= 4 is 11.0 Å². The molecule has 0 aliphatic carbocycles. The highest BCUT2D eigenvalue weighted by molar-refractivity contribution is 5.76. The van der Waals surface area contributed by atoms with Gasteiger partial charge in [0.15, 0.2) is 0 Å². The summed E-state index contributed by atoms with van der Waals surface area (Å²) in [5.41, 5.74) is 2.27. The van der Waals surface area contributed by atoms with Crippen LogP contribution < -0.4 is 4.74 Å². The van der Waals surface area contributed by atoms with E-state index in [4.69, 9.17) is 4.74 Å². The molecule has 1 aromatic heterocycles. The average Bonchev–Trinajstić information content (AvgIpc) is 2.95. The van der Waals surface area contributed by atoms with Crippen LogP contribution in [0.25, 0.3) is 11.0 Å². The van der Waals surface area contributed by atoms with Gasteiger partial charge < -0.3 is 14.4 Å². The van der Waals surface area contributed by atoms with E-state index in [2.05, 4.69) is 34.7 Å². The van der Waals surface area contributed by atoms with Crippen molar-refractivity contribution in [3.63, 3.8) is 0 Å². The predicted molar refractivity (Wildman–Crippen MR) is 101 cm³/mol. The molecule has 0 fully saturated rings. The number of ether oxygens (including phenoxy) is 1. The zero-order chi connectivity index (χ0) is 17.9. The smallest absolute Gasteiger partial charge is 0.141 e. The van der Waals surface area contributed by atoms with Gasteiger partial charge in [0, 0.05) is 6.54 Å². The Balaban J connectivity index is 1.62. The molecule has 0 saturated carbocycles. The summed E-state index contributed by atoms with van der Waals surface area (Å²) >= 11 is 0. The zero-order valence-electron chi connectivity index (χ0n) is 15.2.